The summed E-state index contributed by atoms with van der Waals surface area (Å²) in [5.74, 6) is -1.55. The number of ether oxygens (including phenoxy) is 2. The highest BCUT2D eigenvalue weighted by Gasteiger charge is 2.39. The quantitative estimate of drug-likeness (QED) is 0.730. The Balaban J connectivity index is 1.95. The lowest BCUT2D eigenvalue weighted by Gasteiger charge is -2.35. The molecule has 0 N–H and O–H groups in total. The molecule has 1 amide bonds. The van der Waals surface area contributed by atoms with Crippen LogP contribution in [-0.2, 0) is 25.2 Å². The summed E-state index contributed by atoms with van der Waals surface area (Å²) in [7, 11) is 1.23. The fraction of sp³-hybridized carbons (Fsp3) is 0.526. The number of allylic oxidation sites excluding steroid dienone is 1. The normalized spacial score (nSPS) is 23.3. The van der Waals surface area contributed by atoms with Crippen LogP contribution in [0.15, 0.2) is 29.6 Å². The number of nitrogens with zero attached hydrogens (tertiary/aromatic N) is 2. The third-order valence-corrected chi connectivity index (χ3v) is 5.12. The van der Waals surface area contributed by atoms with Gasteiger partial charge in [-0.1, -0.05) is 6.07 Å². The molecule has 28 heavy (non-hydrogen) atoms. The van der Waals surface area contributed by atoms with E-state index in [0.717, 1.165) is 25.1 Å². The van der Waals surface area contributed by atoms with E-state index in [0.29, 0.717) is 24.4 Å². The minimum atomic E-state index is -4.56. The molecule has 2 aliphatic rings. The molecule has 152 valence electrons. The molecule has 9 heteroatoms. The highest BCUT2D eigenvalue weighted by Crippen LogP contribution is 2.38. The Morgan fingerprint density at radius 1 is 1.39 bits per heavy atom. The molecule has 0 saturated carbocycles. The van der Waals surface area contributed by atoms with Gasteiger partial charge in [-0.05, 0) is 31.4 Å². The predicted octanol–water partition coefficient (Wildman–Crippen LogP) is 3.04. The number of carbonyl (C=O) groups is 2. The average Bonchev–Trinajstić information content (AvgIpc) is 3.17. The Morgan fingerprint density at radius 2 is 2.14 bits per heavy atom. The molecule has 2 atom stereocenters. The van der Waals surface area contributed by atoms with E-state index in [9.17, 15) is 22.8 Å². The average molecular weight is 398 g/mol. The predicted molar refractivity (Wildman–Crippen MR) is 92.0 cm³/mol. The maximum Gasteiger partial charge on any atom is 0.433 e. The van der Waals surface area contributed by atoms with Crippen molar-refractivity contribution < 1.29 is 32.2 Å². The molecular formula is C19H21F3N2O4. The van der Waals surface area contributed by atoms with E-state index in [1.54, 1.807) is 6.92 Å². The minimum Gasteiger partial charge on any atom is -0.466 e. The topological polar surface area (TPSA) is 68.7 Å². The van der Waals surface area contributed by atoms with Crippen LogP contribution in [-0.4, -0.2) is 48.1 Å². The Morgan fingerprint density at radius 3 is 2.68 bits per heavy atom. The smallest absolute Gasteiger partial charge is 0.433 e. The second kappa shape index (κ2) is 7.90. The maximum absolute atomic E-state index is 12.8. The molecule has 3 heterocycles. The van der Waals surface area contributed by atoms with Gasteiger partial charge in [0.2, 0.25) is 5.91 Å². The van der Waals surface area contributed by atoms with Crippen LogP contribution in [0.25, 0.3) is 0 Å². The van der Waals surface area contributed by atoms with E-state index in [-0.39, 0.29) is 24.0 Å². The van der Waals surface area contributed by atoms with Crippen molar-refractivity contribution in [2.75, 3.05) is 20.3 Å². The number of methoxy groups -OCH3 is 1. The molecule has 1 aromatic rings. The van der Waals surface area contributed by atoms with Crippen LogP contribution in [0.5, 0.6) is 0 Å². The van der Waals surface area contributed by atoms with Gasteiger partial charge >= 0.3 is 12.1 Å². The van der Waals surface area contributed by atoms with Gasteiger partial charge in [0.25, 0.3) is 0 Å². The molecule has 0 radical (unpaired) electrons. The second-order valence-electron chi connectivity index (χ2n) is 6.86. The van der Waals surface area contributed by atoms with Gasteiger partial charge < -0.3 is 14.4 Å². The first-order valence-electron chi connectivity index (χ1n) is 8.96. The zero-order valence-corrected chi connectivity index (χ0v) is 15.6. The Hall–Kier alpha value is -2.42. The van der Waals surface area contributed by atoms with Crippen molar-refractivity contribution in [2.45, 2.75) is 44.4 Å². The van der Waals surface area contributed by atoms with Gasteiger partial charge in [-0.3, -0.25) is 9.78 Å². The van der Waals surface area contributed by atoms with Crippen LogP contribution in [0, 0.1) is 0 Å². The molecule has 1 aromatic heterocycles. The van der Waals surface area contributed by atoms with E-state index in [2.05, 4.69) is 4.98 Å². The Labute approximate surface area is 160 Å². The fourth-order valence-electron chi connectivity index (χ4n) is 3.67. The summed E-state index contributed by atoms with van der Waals surface area (Å²) in [6.45, 7) is 2.62. The fourth-order valence-corrected chi connectivity index (χ4v) is 3.67. The van der Waals surface area contributed by atoms with Crippen LogP contribution < -0.4 is 0 Å². The van der Waals surface area contributed by atoms with Crippen LogP contribution in [0.1, 0.15) is 43.4 Å². The number of rotatable bonds is 4. The first-order chi connectivity index (χ1) is 13.2. The van der Waals surface area contributed by atoms with Gasteiger partial charge in [0, 0.05) is 30.8 Å². The molecule has 1 saturated heterocycles. The summed E-state index contributed by atoms with van der Waals surface area (Å²) < 4.78 is 48.8. The molecule has 2 aliphatic heterocycles. The van der Waals surface area contributed by atoms with Crippen molar-refractivity contribution in [1.29, 1.82) is 0 Å². The van der Waals surface area contributed by atoms with Gasteiger partial charge in [-0.25, -0.2) is 4.79 Å². The first-order valence-corrected chi connectivity index (χ1v) is 8.96. The number of alkyl halides is 3. The van der Waals surface area contributed by atoms with Crippen LogP contribution >= 0.6 is 0 Å². The lowest BCUT2D eigenvalue weighted by molar-refractivity contribution is -0.141. The van der Waals surface area contributed by atoms with E-state index in [4.69, 9.17) is 9.47 Å². The summed E-state index contributed by atoms with van der Waals surface area (Å²) in [6.07, 6.45) is -1.90. The van der Waals surface area contributed by atoms with Crippen molar-refractivity contribution >= 4 is 11.9 Å². The van der Waals surface area contributed by atoms with E-state index >= 15 is 0 Å². The Kier molecular flexibility index (Phi) is 5.74. The standard InChI is InChI=1S/C19H21F3N2O4/c1-11-17(18(26)27-2)14(12-5-6-15(23-9-12)19(20,21)22)8-16(25)24(11)10-13-4-3-7-28-13/h5-6,9,13-14H,3-4,7-8,10H2,1-2H3/t13-,14?/m1/s1. The number of esters is 1. The number of carbonyl (C=O) groups excluding carboxylic acids is 2. The number of aromatic nitrogens is 1. The summed E-state index contributed by atoms with van der Waals surface area (Å²) in [6, 6.07) is 2.10. The first kappa shape index (κ1) is 20.3. The van der Waals surface area contributed by atoms with E-state index < -0.39 is 23.8 Å². The molecular weight excluding hydrogens is 377 g/mol. The molecule has 1 fully saturated rings. The number of hydrogen-bond acceptors (Lipinski definition) is 5. The largest absolute Gasteiger partial charge is 0.466 e. The second-order valence-corrected chi connectivity index (χ2v) is 6.86. The zero-order chi connectivity index (χ0) is 20.5. The third-order valence-electron chi connectivity index (χ3n) is 5.12. The van der Waals surface area contributed by atoms with Crippen molar-refractivity contribution in [3.8, 4) is 0 Å². The summed E-state index contributed by atoms with van der Waals surface area (Å²) >= 11 is 0. The summed E-state index contributed by atoms with van der Waals surface area (Å²) in [5.41, 5.74) is 0.0155. The van der Waals surface area contributed by atoms with Gasteiger partial charge in [0.1, 0.15) is 5.69 Å². The maximum atomic E-state index is 12.8. The van der Waals surface area contributed by atoms with E-state index in [1.165, 1.54) is 18.1 Å². The lowest BCUT2D eigenvalue weighted by Crippen LogP contribution is -2.42. The molecule has 3 rings (SSSR count). The van der Waals surface area contributed by atoms with Crippen molar-refractivity contribution in [3.05, 3.63) is 40.9 Å². The van der Waals surface area contributed by atoms with Gasteiger partial charge in [0.05, 0.1) is 25.3 Å². The molecule has 0 aromatic carbocycles. The third kappa shape index (κ3) is 4.04. The zero-order valence-electron chi connectivity index (χ0n) is 15.6. The van der Waals surface area contributed by atoms with Gasteiger partial charge in [0.15, 0.2) is 0 Å². The number of halogens is 3. The van der Waals surface area contributed by atoms with Crippen molar-refractivity contribution in [3.63, 3.8) is 0 Å². The minimum absolute atomic E-state index is 0.0540. The molecule has 1 unspecified atom stereocenters. The number of hydrogen-bond donors (Lipinski definition) is 0. The number of pyridine rings is 1. The molecule has 0 bridgehead atoms. The van der Waals surface area contributed by atoms with Crippen LogP contribution in [0.2, 0.25) is 0 Å². The van der Waals surface area contributed by atoms with Crippen LogP contribution in [0.3, 0.4) is 0 Å². The highest BCUT2D eigenvalue weighted by atomic mass is 19.4. The monoisotopic (exact) mass is 398 g/mol. The van der Waals surface area contributed by atoms with Gasteiger partial charge in [-0.15, -0.1) is 0 Å². The van der Waals surface area contributed by atoms with E-state index in [1.807, 2.05) is 0 Å². The molecule has 6 nitrogen and oxygen atoms in total. The highest BCUT2D eigenvalue weighted by molar-refractivity contribution is 5.95. The Bertz CT molecular complexity index is 783. The summed E-state index contributed by atoms with van der Waals surface area (Å²) in [5, 5.41) is 0. The van der Waals surface area contributed by atoms with Crippen LogP contribution in [0.4, 0.5) is 13.2 Å². The van der Waals surface area contributed by atoms with Crippen molar-refractivity contribution in [2.24, 2.45) is 0 Å². The summed E-state index contributed by atoms with van der Waals surface area (Å²) in [4.78, 5) is 30.1. The molecule has 0 spiro atoms. The molecule has 0 aliphatic carbocycles. The van der Waals surface area contributed by atoms with Gasteiger partial charge in [-0.2, -0.15) is 13.2 Å². The lowest BCUT2D eigenvalue weighted by atomic mass is 9.84. The SMILES string of the molecule is COC(=O)C1=C(C)N(C[C@H]2CCCO2)C(=O)CC1c1ccc(C(F)(F)F)nc1. The van der Waals surface area contributed by atoms with Crippen molar-refractivity contribution in [1.82, 2.24) is 9.88 Å². The number of amides is 1.